The smallest absolute Gasteiger partial charge is 0.231 e. The van der Waals surface area contributed by atoms with Crippen LogP contribution in [0.2, 0.25) is 0 Å². The van der Waals surface area contributed by atoms with E-state index in [0.717, 1.165) is 71.2 Å². The van der Waals surface area contributed by atoms with Crippen LogP contribution in [0, 0.1) is 0 Å². The predicted octanol–water partition coefficient (Wildman–Crippen LogP) is 5.18. The van der Waals surface area contributed by atoms with Crippen LogP contribution < -0.4 is 16.0 Å². The molecule has 4 aromatic rings. The van der Waals surface area contributed by atoms with Gasteiger partial charge in [-0.25, -0.2) is 9.98 Å². The number of fused-ring (bicyclic) bond motifs is 1. The Morgan fingerprint density at radius 1 is 1.00 bits per heavy atom. The monoisotopic (exact) mass is 531 g/mol. The summed E-state index contributed by atoms with van der Waals surface area (Å²) in [6, 6.07) is 23.8. The Bertz CT molecular complexity index is 1540. The maximum absolute atomic E-state index is 12.7. The highest BCUT2D eigenvalue weighted by Crippen LogP contribution is 2.26. The Balaban J connectivity index is 1.27. The predicted molar refractivity (Wildman–Crippen MR) is 163 cm³/mol. The minimum absolute atomic E-state index is 0.0342. The first-order valence-corrected chi connectivity index (χ1v) is 13.4. The van der Waals surface area contributed by atoms with Gasteiger partial charge in [0.15, 0.2) is 0 Å². The molecule has 1 amide bonds. The second kappa shape index (κ2) is 12.3. The highest BCUT2D eigenvalue weighted by Gasteiger charge is 2.20. The quantitative estimate of drug-likeness (QED) is 0.304. The molecule has 1 atom stereocenters. The Kier molecular flexibility index (Phi) is 8.15. The highest BCUT2D eigenvalue weighted by molar-refractivity contribution is 5.95. The normalized spacial score (nSPS) is 14.9. The largest absolute Gasteiger partial charge is 0.402 e. The van der Waals surface area contributed by atoms with Gasteiger partial charge in [-0.3, -0.25) is 9.78 Å². The maximum atomic E-state index is 12.7. The standard InChI is InChI=1S/C32H33N7O/c1-3-15-34-30(21-33)38-16-18-39(19-17-38)31-22-35-28-14-11-26(20-29(28)37-31)25-9-12-27(13-10-25)36-32(40)23(2)24-7-5-4-6-8-24/h3-15,20-23H,1,16-19,33H2,2H3,(H,36,40)/b30-21+,34-15?. The average molecular weight is 532 g/mol. The number of piperazine rings is 1. The Labute approximate surface area is 234 Å². The molecule has 3 N–H and O–H groups in total. The van der Waals surface area contributed by atoms with Crippen molar-refractivity contribution in [2.45, 2.75) is 12.8 Å². The van der Waals surface area contributed by atoms with Gasteiger partial charge in [0, 0.05) is 44.3 Å². The summed E-state index contributed by atoms with van der Waals surface area (Å²) in [6.07, 6.45) is 6.64. The summed E-state index contributed by atoms with van der Waals surface area (Å²) < 4.78 is 0. The summed E-state index contributed by atoms with van der Waals surface area (Å²) in [5.41, 5.74) is 11.3. The van der Waals surface area contributed by atoms with E-state index in [2.05, 4.69) is 37.7 Å². The molecule has 8 nitrogen and oxygen atoms in total. The summed E-state index contributed by atoms with van der Waals surface area (Å²) >= 11 is 0. The number of amides is 1. The van der Waals surface area contributed by atoms with Crippen molar-refractivity contribution in [3.8, 4) is 11.1 Å². The Hall–Kier alpha value is -4.98. The van der Waals surface area contributed by atoms with Gasteiger partial charge in [-0.15, -0.1) is 0 Å². The van der Waals surface area contributed by atoms with E-state index in [4.69, 9.17) is 10.7 Å². The van der Waals surface area contributed by atoms with Gasteiger partial charge in [-0.2, -0.15) is 0 Å². The number of nitrogens with one attached hydrogen (secondary N) is 1. The van der Waals surface area contributed by atoms with Crippen molar-refractivity contribution in [2.75, 3.05) is 36.4 Å². The third-order valence-corrected chi connectivity index (χ3v) is 7.10. The van der Waals surface area contributed by atoms with E-state index in [9.17, 15) is 4.79 Å². The number of aliphatic imine (C=N–C) groups is 1. The first-order valence-electron chi connectivity index (χ1n) is 13.4. The summed E-state index contributed by atoms with van der Waals surface area (Å²) in [5, 5.41) is 3.02. The van der Waals surface area contributed by atoms with Gasteiger partial charge in [0.1, 0.15) is 11.6 Å². The Morgan fingerprint density at radius 3 is 2.42 bits per heavy atom. The SMILES string of the molecule is C=CC=N/C(=C\N)N1CCN(c2cnc3ccc(-c4ccc(NC(=O)C(C)c5ccccc5)cc4)cc3n2)CC1. The lowest BCUT2D eigenvalue weighted by atomic mass is 10.0. The van der Waals surface area contributed by atoms with E-state index >= 15 is 0 Å². The number of hydrogen-bond donors (Lipinski definition) is 2. The van der Waals surface area contributed by atoms with E-state index in [1.54, 1.807) is 12.3 Å². The number of hydrogen-bond acceptors (Lipinski definition) is 7. The number of allylic oxidation sites excluding steroid dienone is 1. The molecule has 0 saturated carbocycles. The summed E-state index contributed by atoms with van der Waals surface area (Å²) in [4.78, 5) is 31.1. The van der Waals surface area contributed by atoms with Crippen LogP contribution in [-0.2, 0) is 4.79 Å². The number of nitrogens with two attached hydrogens (primary N) is 1. The number of aromatic nitrogens is 2. The average Bonchev–Trinajstić information content (AvgIpc) is 3.01. The molecular weight excluding hydrogens is 498 g/mol. The van der Waals surface area contributed by atoms with E-state index < -0.39 is 0 Å². The zero-order valence-electron chi connectivity index (χ0n) is 22.6. The van der Waals surface area contributed by atoms with Crippen LogP contribution in [0.1, 0.15) is 18.4 Å². The summed E-state index contributed by atoms with van der Waals surface area (Å²) in [6.45, 7) is 8.72. The lowest BCUT2D eigenvalue weighted by Crippen LogP contribution is -2.46. The van der Waals surface area contributed by atoms with Crippen LogP contribution in [0.25, 0.3) is 22.2 Å². The van der Waals surface area contributed by atoms with E-state index in [-0.39, 0.29) is 11.8 Å². The highest BCUT2D eigenvalue weighted by atomic mass is 16.1. The molecule has 2 heterocycles. The van der Waals surface area contributed by atoms with Gasteiger partial charge in [-0.1, -0.05) is 61.2 Å². The van der Waals surface area contributed by atoms with Gasteiger partial charge < -0.3 is 20.9 Å². The van der Waals surface area contributed by atoms with Crippen molar-refractivity contribution in [3.05, 3.63) is 109 Å². The molecule has 3 aromatic carbocycles. The lowest BCUT2D eigenvalue weighted by molar-refractivity contribution is -0.117. The molecule has 40 heavy (non-hydrogen) atoms. The minimum Gasteiger partial charge on any atom is -0.402 e. The van der Waals surface area contributed by atoms with Gasteiger partial charge >= 0.3 is 0 Å². The second-order valence-corrected chi connectivity index (χ2v) is 9.64. The van der Waals surface area contributed by atoms with Crippen molar-refractivity contribution in [1.82, 2.24) is 14.9 Å². The molecule has 1 unspecified atom stereocenters. The molecule has 1 aliphatic heterocycles. The molecule has 5 rings (SSSR count). The first-order chi connectivity index (χ1) is 19.6. The number of carbonyl (C=O) groups excluding carboxylic acids is 1. The second-order valence-electron chi connectivity index (χ2n) is 9.64. The van der Waals surface area contributed by atoms with Crippen molar-refractivity contribution in [3.63, 3.8) is 0 Å². The third kappa shape index (κ3) is 6.02. The maximum Gasteiger partial charge on any atom is 0.231 e. The van der Waals surface area contributed by atoms with Gasteiger partial charge in [-0.05, 0) is 47.9 Å². The molecule has 1 fully saturated rings. The fourth-order valence-electron chi connectivity index (χ4n) is 4.75. The zero-order valence-corrected chi connectivity index (χ0v) is 22.6. The van der Waals surface area contributed by atoms with Gasteiger partial charge in [0.05, 0.1) is 23.1 Å². The molecule has 8 heteroatoms. The van der Waals surface area contributed by atoms with Crippen molar-refractivity contribution < 1.29 is 4.79 Å². The fourth-order valence-corrected chi connectivity index (χ4v) is 4.75. The molecular formula is C32H33N7O. The van der Waals surface area contributed by atoms with Crippen LogP contribution in [0.5, 0.6) is 0 Å². The lowest BCUT2D eigenvalue weighted by Gasteiger charge is -2.36. The van der Waals surface area contributed by atoms with Crippen molar-refractivity contribution in [2.24, 2.45) is 10.7 Å². The first kappa shape index (κ1) is 26.6. The third-order valence-electron chi connectivity index (χ3n) is 7.10. The van der Waals surface area contributed by atoms with Crippen molar-refractivity contribution >= 4 is 34.7 Å². The minimum atomic E-state index is -0.234. The van der Waals surface area contributed by atoms with E-state index in [0.29, 0.717) is 0 Å². The van der Waals surface area contributed by atoms with Crippen LogP contribution in [0.15, 0.2) is 109 Å². The summed E-state index contributed by atoms with van der Waals surface area (Å²) in [7, 11) is 0. The van der Waals surface area contributed by atoms with Crippen LogP contribution in [0.4, 0.5) is 11.5 Å². The molecule has 0 bridgehead atoms. The molecule has 0 aliphatic carbocycles. The Morgan fingerprint density at radius 2 is 1.73 bits per heavy atom. The van der Waals surface area contributed by atoms with E-state index in [1.165, 1.54) is 6.20 Å². The number of anilines is 2. The molecule has 1 saturated heterocycles. The zero-order chi connectivity index (χ0) is 27.9. The molecule has 0 radical (unpaired) electrons. The fraction of sp³-hybridized carbons (Fsp3) is 0.188. The van der Waals surface area contributed by atoms with Crippen LogP contribution >= 0.6 is 0 Å². The van der Waals surface area contributed by atoms with Crippen LogP contribution in [0.3, 0.4) is 0 Å². The number of benzene rings is 3. The number of rotatable bonds is 8. The molecule has 1 aliphatic rings. The van der Waals surface area contributed by atoms with Crippen molar-refractivity contribution in [1.29, 1.82) is 0 Å². The van der Waals surface area contributed by atoms with Gasteiger partial charge in [0.2, 0.25) is 5.91 Å². The summed E-state index contributed by atoms with van der Waals surface area (Å²) in [5.74, 6) is 1.32. The molecule has 1 aromatic heterocycles. The number of carbonyl (C=O) groups is 1. The number of nitrogens with zero attached hydrogens (tertiary/aromatic N) is 5. The van der Waals surface area contributed by atoms with Crippen LogP contribution in [-0.4, -0.2) is 53.2 Å². The molecule has 0 spiro atoms. The van der Waals surface area contributed by atoms with Gasteiger partial charge in [0.25, 0.3) is 0 Å². The molecule has 202 valence electrons. The van der Waals surface area contributed by atoms with E-state index in [1.807, 2.05) is 79.9 Å². The topological polar surface area (TPSA) is 99.7 Å².